The Morgan fingerprint density at radius 2 is 1.85 bits per heavy atom. The van der Waals surface area contributed by atoms with Crippen molar-refractivity contribution in [3.8, 4) is 0 Å². The molecule has 0 heterocycles. The molecule has 0 aromatic carbocycles. The van der Waals surface area contributed by atoms with Crippen LogP contribution in [0.2, 0.25) is 0 Å². The van der Waals surface area contributed by atoms with E-state index >= 15 is 0 Å². The van der Waals surface area contributed by atoms with Gasteiger partial charge in [0.05, 0.1) is 5.60 Å². The zero-order valence-corrected chi connectivity index (χ0v) is 8.00. The Balaban J connectivity index is 4.56. The second-order valence-electron chi connectivity index (χ2n) is 3.32. The summed E-state index contributed by atoms with van der Waals surface area (Å²) in [5.74, 6) is -1.27. The summed E-state index contributed by atoms with van der Waals surface area (Å²) in [6.07, 6.45) is 0.862. The molecule has 1 atom stereocenters. The predicted octanol–water partition coefficient (Wildman–Crippen LogP) is 0.747. The van der Waals surface area contributed by atoms with Crippen molar-refractivity contribution in [1.82, 2.24) is 0 Å². The Hall–Kier alpha value is -1.16. The van der Waals surface area contributed by atoms with Gasteiger partial charge in [-0.2, -0.15) is 0 Å². The quantitative estimate of drug-likeness (QED) is 0.501. The number of carbonyl (C=O) groups is 2. The predicted molar refractivity (Wildman–Crippen MR) is 47.3 cm³/mol. The second-order valence-corrected chi connectivity index (χ2v) is 3.32. The first-order valence-electron chi connectivity index (χ1n) is 3.89. The summed E-state index contributed by atoms with van der Waals surface area (Å²) in [5, 5.41) is 18.5. The van der Waals surface area contributed by atoms with Gasteiger partial charge in [0.15, 0.2) is 11.5 Å². The van der Waals surface area contributed by atoms with Gasteiger partial charge in [-0.3, -0.25) is 9.59 Å². The number of aliphatic hydroxyl groups is 2. The van der Waals surface area contributed by atoms with E-state index in [1.165, 1.54) is 20.8 Å². The molecule has 0 saturated carbocycles. The minimum atomic E-state index is -1.46. The second kappa shape index (κ2) is 4.18. The summed E-state index contributed by atoms with van der Waals surface area (Å²) in [5.41, 5.74) is -1.46. The van der Waals surface area contributed by atoms with Crippen LogP contribution < -0.4 is 0 Å². The number of aliphatic hydroxyl groups excluding tert-OH is 1. The molecule has 4 nitrogen and oxygen atoms in total. The van der Waals surface area contributed by atoms with E-state index in [0.717, 1.165) is 6.08 Å². The first-order chi connectivity index (χ1) is 5.74. The van der Waals surface area contributed by atoms with Gasteiger partial charge in [0.1, 0.15) is 5.78 Å². The highest BCUT2D eigenvalue weighted by molar-refractivity contribution is 5.91. The van der Waals surface area contributed by atoms with E-state index in [-0.39, 0.29) is 12.2 Å². The van der Waals surface area contributed by atoms with E-state index in [4.69, 9.17) is 5.11 Å². The molecule has 0 aromatic heterocycles. The number of allylic oxidation sites excluding steroid dienone is 1. The summed E-state index contributed by atoms with van der Waals surface area (Å²) >= 11 is 0. The standard InChI is InChI=1S/C9H14O4/c1-6(10)4-9(3,13)5-8(12)7(2)11/h5,12-13H,4H2,1-3H3/b8-5-. The summed E-state index contributed by atoms with van der Waals surface area (Å²) in [4.78, 5) is 21.2. The van der Waals surface area contributed by atoms with E-state index in [9.17, 15) is 14.7 Å². The molecule has 0 aliphatic carbocycles. The smallest absolute Gasteiger partial charge is 0.193 e. The largest absolute Gasteiger partial charge is 0.505 e. The molecule has 0 spiro atoms. The van der Waals surface area contributed by atoms with Crippen LogP contribution in [0.1, 0.15) is 27.2 Å². The Bertz CT molecular complexity index is 250. The number of Topliss-reactive ketones (excluding diaryl/α,β-unsaturated/α-hetero) is 2. The minimum absolute atomic E-state index is 0.121. The molecule has 0 saturated heterocycles. The molecule has 0 aromatic rings. The van der Waals surface area contributed by atoms with Crippen LogP contribution in [0, 0.1) is 0 Å². The van der Waals surface area contributed by atoms with E-state index in [1.54, 1.807) is 0 Å². The molecule has 0 fully saturated rings. The molecule has 0 amide bonds. The summed E-state index contributed by atoms with van der Waals surface area (Å²) in [6, 6.07) is 0. The molecule has 0 radical (unpaired) electrons. The highest BCUT2D eigenvalue weighted by Crippen LogP contribution is 2.13. The maximum Gasteiger partial charge on any atom is 0.193 e. The summed E-state index contributed by atoms with van der Waals surface area (Å²) in [7, 11) is 0. The topological polar surface area (TPSA) is 74.6 Å². The molecule has 0 bridgehead atoms. The minimum Gasteiger partial charge on any atom is -0.505 e. The van der Waals surface area contributed by atoms with Gasteiger partial charge < -0.3 is 10.2 Å². The van der Waals surface area contributed by atoms with Crippen molar-refractivity contribution in [2.45, 2.75) is 32.8 Å². The van der Waals surface area contributed by atoms with Gasteiger partial charge in [-0.05, 0) is 19.9 Å². The zero-order chi connectivity index (χ0) is 10.6. The molecular formula is C9H14O4. The van der Waals surface area contributed by atoms with Crippen molar-refractivity contribution < 1.29 is 19.8 Å². The van der Waals surface area contributed by atoms with Gasteiger partial charge in [-0.1, -0.05) is 0 Å². The van der Waals surface area contributed by atoms with Crippen LogP contribution in [0.3, 0.4) is 0 Å². The number of hydrogen-bond acceptors (Lipinski definition) is 4. The fraction of sp³-hybridized carbons (Fsp3) is 0.556. The molecule has 2 N–H and O–H groups in total. The normalized spacial score (nSPS) is 16.5. The zero-order valence-electron chi connectivity index (χ0n) is 8.00. The van der Waals surface area contributed by atoms with Crippen molar-refractivity contribution in [2.75, 3.05) is 0 Å². The molecule has 0 rings (SSSR count). The molecular weight excluding hydrogens is 172 g/mol. The first-order valence-corrected chi connectivity index (χ1v) is 3.89. The van der Waals surface area contributed by atoms with Crippen LogP contribution in [0.4, 0.5) is 0 Å². The van der Waals surface area contributed by atoms with Gasteiger partial charge in [-0.15, -0.1) is 0 Å². The number of ketones is 2. The molecule has 0 aliphatic heterocycles. The Kier molecular flexibility index (Phi) is 3.81. The molecule has 4 heteroatoms. The molecule has 74 valence electrons. The fourth-order valence-electron chi connectivity index (χ4n) is 0.951. The Labute approximate surface area is 76.9 Å². The fourth-order valence-corrected chi connectivity index (χ4v) is 0.951. The lowest BCUT2D eigenvalue weighted by Gasteiger charge is -2.16. The molecule has 0 aliphatic rings. The lowest BCUT2D eigenvalue weighted by Crippen LogP contribution is -2.25. The van der Waals surface area contributed by atoms with Gasteiger partial charge in [0.2, 0.25) is 0 Å². The van der Waals surface area contributed by atoms with Crippen LogP contribution in [-0.4, -0.2) is 27.4 Å². The van der Waals surface area contributed by atoms with Crippen LogP contribution in [0.25, 0.3) is 0 Å². The summed E-state index contributed by atoms with van der Waals surface area (Å²) < 4.78 is 0. The highest BCUT2D eigenvalue weighted by Gasteiger charge is 2.21. The average Bonchev–Trinajstić information content (AvgIpc) is 1.81. The Morgan fingerprint density at radius 1 is 1.38 bits per heavy atom. The van der Waals surface area contributed by atoms with Gasteiger partial charge >= 0.3 is 0 Å². The van der Waals surface area contributed by atoms with Crippen molar-refractivity contribution >= 4 is 11.6 Å². The van der Waals surface area contributed by atoms with Crippen LogP contribution >= 0.6 is 0 Å². The summed E-state index contributed by atoms with van der Waals surface area (Å²) in [6.45, 7) is 3.86. The van der Waals surface area contributed by atoms with E-state index in [2.05, 4.69) is 0 Å². The third-order valence-corrected chi connectivity index (χ3v) is 1.42. The number of rotatable bonds is 4. The lowest BCUT2D eigenvalue weighted by molar-refractivity contribution is -0.120. The van der Waals surface area contributed by atoms with Gasteiger partial charge in [0, 0.05) is 13.3 Å². The van der Waals surface area contributed by atoms with Crippen molar-refractivity contribution in [2.24, 2.45) is 0 Å². The van der Waals surface area contributed by atoms with Crippen LogP contribution in [0.15, 0.2) is 11.8 Å². The van der Waals surface area contributed by atoms with Crippen LogP contribution in [-0.2, 0) is 9.59 Å². The van der Waals surface area contributed by atoms with Crippen molar-refractivity contribution in [3.63, 3.8) is 0 Å². The van der Waals surface area contributed by atoms with Crippen LogP contribution in [0.5, 0.6) is 0 Å². The third kappa shape index (κ3) is 5.14. The third-order valence-electron chi connectivity index (χ3n) is 1.42. The number of carbonyl (C=O) groups excluding carboxylic acids is 2. The van der Waals surface area contributed by atoms with E-state index < -0.39 is 17.1 Å². The maximum absolute atomic E-state index is 10.7. The van der Waals surface area contributed by atoms with Crippen molar-refractivity contribution in [3.05, 3.63) is 11.8 Å². The highest BCUT2D eigenvalue weighted by atomic mass is 16.3. The van der Waals surface area contributed by atoms with E-state index in [0.29, 0.717) is 0 Å². The maximum atomic E-state index is 10.7. The molecule has 13 heavy (non-hydrogen) atoms. The van der Waals surface area contributed by atoms with Gasteiger partial charge in [0.25, 0.3) is 0 Å². The monoisotopic (exact) mass is 186 g/mol. The van der Waals surface area contributed by atoms with Crippen molar-refractivity contribution in [1.29, 1.82) is 0 Å². The SMILES string of the molecule is CC(=O)CC(C)(O)/C=C(\O)C(C)=O. The van der Waals surface area contributed by atoms with E-state index in [1.807, 2.05) is 0 Å². The average molecular weight is 186 g/mol. The Morgan fingerprint density at radius 3 is 2.15 bits per heavy atom. The lowest BCUT2D eigenvalue weighted by atomic mass is 9.98. The first kappa shape index (κ1) is 11.8. The van der Waals surface area contributed by atoms with Gasteiger partial charge in [-0.25, -0.2) is 0 Å². The molecule has 1 unspecified atom stereocenters. The number of hydrogen-bond donors (Lipinski definition) is 2.